The van der Waals surface area contributed by atoms with Crippen molar-refractivity contribution in [3.05, 3.63) is 64.1 Å². The number of likely N-dealkylation sites (N-methyl/N-ethyl adjacent to an activating group) is 1. The standard InChI is InChI=1S/C16H17Cl2NS/c1-19-14(9-12-5-2-3-8-16(12)18)11-20-15-7-4-6-13(17)10-15/h2-8,10,14,19H,9,11H2,1H3. The predicted octanol–water partition coefficient (Wildman–Crippen LogP) is 4.92. The highest BCUT2D eigenvalue weighted by Gasteiger charge is 2.10. The molecular formula is C16H17Cl2NS. The summed E-state index contributed by atoms with van der Waals surface area (Å²) >= 11 is 14.0. The molecule has 0 radical (unpaired) electrons. The number of rotatable bonds is 6. The molecule has 2 rings (SSSR count). The first-order chi connectivity index (χ1) is 9.69. The van der Waals surface area contributed by atoms with E-state index in [0.29, 0.717) is 6.04 Å². The molecule has 106 valence electrons. The van der Waals surface area contributed by atoms with Crippen LogP contribution in [0.2, 0.25) is 10.0 Å². The Morgan fingerprint density at radius 3 is 2.60 bits per heavy atom. The van der Waals surface area contributed by atoms with E-state index in [1.807, 2.05) is 43.4 Å². The van der Waals surface area contributed by atoms with Crippen LogP contribution in [0.1, 0.15) is 5.56 Å². The Hall–Kier alpha value is -0.670. The van der Waals surface area contributed by atoms with E-state index in [9.17, 15) is 0 Å². The summed E-state index contributed by atoms with van der Waals surface area (Å²) in [5.74, 6) is 0.974. The Labute approximate surface area is 134 Å². The van der Waals surface area contributed by atoms with Crippen LogP contribution in [0.25, 0.3) is 0 Å². The first-order valence-corrected chi connectivity index (χ1v) is 8.22. The third-order valence-electron chi connectivity index (χ3n) is 3.08. The fourth-order valence-corrected chi connectivity index (χ4v) is 3.46. The fraction of sp³-hybridized carbons (Fsp3) is 0.250. The van der Waals surface area contributed by atoms with Crippen molar-refractivity contribution in [2.24, 2.45) is 0 Å². The van der Waals surface area contributed by atoms with Crippen LogP contribution in [0.15, 0.2) is 53.4 Å². The molecule has 20 heavy (non-hydrogen) atoms. The van der Waals surface area contributed by atoms with Crippen molar-refractivity contribution in [2.45, 2.75) is 17.4 Å². The zero-order valence-corrected chi connectivity index (χ0v) is 13.6. The average molecular weight is 326 g/mol. The lowest BCUT2D eigenvalue weighted by atomic mass is 10.1. The number of benzene rings is 2. The third-order valence-corrected chi connectivity index (χ3v) is 4.84. The van der Waals surface area contributed by atoms with Gasteiger partial charge in [-0.3, -0.25) is 0 Å². The number of nitrogens with one attached hydrogen (secondary N) is 1. The molecule has 0 aromatic heterocycles. The first-order valence-electron chi connectivity index (χ1n) is 6.48. The van der Waals surface area contributed by atoms with Crippen LogP contribution in [-0.4, -0.2) is 18.8 Å². The molecule has 1 unspecified atom stereocenters. The van der Waals surface area contributed by atoms with Gasteiger partial charge in [0.1, 0.15) is 0 Å². The summed E-state index contributed by atoms with van der Waals surface area (Å²) in [6, 6.07) is 16.3. The third kappa shape index (κ3) is 4.71. The van der Waals surface area contributed by atoms with E-state index in [2.05, 4.69) is 17.4 Å². The van der Waals surface area contributed by atoms with E-state index in [1.54, 1.807) is 11.8 Å². The first kappa shape index (κ1) is 15.7. The largest absolute Gasteiger partial charge is 0.316 e. The van der Waals surface area contributed by atoms with Gasteiger partial charge < -0.3 is 5.32 Å². The van der Waals surface area contributed by atoms with Crippen LogP contribution in [0.3, 0.4) is 0 Å². The Morgan fingerprint density at radius 1 is 1.10 bits per heavy atom. The minimum atomic E-state index is 0.374. The average Bonchev–Trinajstić information content (AvgIpc) is 2.45. The van der Waals surface area contributed by atoms with Crippen LogP contribution in [-0.2, 0) is 6.42 Å². The molecule has 0 aliphatic carbocycles. The highest BCUT2D eigenvalue weighted by atomic mass is 35.5. The normalized spacial score (nSPS) is 12.3. The molecule has 0 saturated heterocycles. The van der Waals surface area contributed by atoms with Gasteiger partial charge in [-0.25, -0.2) is 0 Å². The molecule has 2 aromatic rings. The Morgan fingerprint density at radius 2 is 1.90 bits per heavy atom. The summed E-state index contributed by atoms with van der Waals surface area (Å²) in [6.45, 7) is 0. The van der Waals surface area contributed by atoms with E-state index >= 15 is 0 Å². The van der Waals surface area contributed by atoms with Gasteiger partial charge >= 0.3 is 0 Å². The molecule has 1 nitrogen and oxygen atoms in total. The molecule has 0 amide bonds. The minimum absolute atomic E-state index is 0.374. The van der Waals surface area contributed by atoms with Crippen LogP contribution in [0.5, 0.6) is 0 Å². The van der Waals surface area contributed by atoms with Gasteiger partial charge in [-0.05, 0) is 43.3 Å². The number of hydrogen-bond acceptors (Lipinski definition) is 2. The maximum Gasteiger partial charge on any atom is 0.0438 e. The summed E-state index contributed by atoms with van der Waals surface area (Å²) in [5.41, 5.74) is 1.18. The SMILES string of the molecule is CNC(CSc1cccc(Cl)c1)Cc1ccccc1Cl. The van der Waals surface area contributed by atoms with E-state index in [4.69, 9.17) is 23.2 Å². The van der Waals surface area contributed by atoms with Crippen LogP contribution < -0.4 is 5.32 Å². The zero-order chi connectivity index (χ0) is 14.4. The monoisotopic (exact) mass is 325 g/mol. The summed E-state index contributed by atoms with van der Waals surface area (Å²) in [4.78, 5) is 1.19. The molecule has 0 spiro atoms. The second-order valence-electron chi connectivity index (χ2n) is 4.55. The van der Waals surface area contributed by atoms with Gasteiger partial charge in [-0.1, -0.05) is 47.5 Å². The lowest BCUT2D eigenvalue weighted by Crippen LogP contribution is -2.30. The van der Waals surface area contributed by atoms with Gasteiger partial charge in [-0.2, -0.15) is 0 Å². The molecule has 0 bridgehead atoms. The molecular weight excluding hydrogens is 309 g/mol. The quantitative estimate of drug-likeness (QED) is 0.757. The summed E-state index contributed by atoms with van der Waals surface area (Å²) in [5, 5.41) is 4.96. The highest BCUT2D eigenvalue weighted by Crippen LogP contribution is 2.24. The zero-order valence-electron chi connectivity index (χ0n) is 11.3. The van der Waals surface area contributed by atoms with Crippen molar-refractivity contribution in [1.29, 1.82) is 0 Å². The summed E-state index contributed by atoms with van der Waals surface area (Å²) in [7, 11) is 1.99. The minimum Gasteiger partial charge on any atom is -0.316 e. The number of thioether (sulfide) groups is 1. The molecule has 0 fully saturated rings. The van der Waals surface area contributed by atoms with Gasteiger partial charge in [0, 0.05) is 26.7 Å². The van der Waals surface area contributed by atoms with Crippen molar-refractivity contribution >= 4 is 35.0 Å². The molecule has 2 aromatic carbocycles. The number of hydrogen-bond donors (Lipinski definition) is 1. The topological polar surface area (TPSA) is 12.0 Å². The smallest absolute Gasteiger partial charge is 0.0438 e. The Balaban J connectivity index is 1.94. The number of halogens is 2. The van der Waals surface area contributed by atoms with E-state index in [0.717, 1.165) is 22.2 Å². The molecule has 1 atom stereocenters. The van der Waals surface area contributed by atoms with Crippen LogP contribution in [0.4, 0.5) is 0 Å². The molecule has 0 aliphatic rings. The van der Waals surface area contributed by atoms with E-state index in [-0.39, 0.29) is 0 Å². The molecule has 0 saturated carbocycles. The second kappa shape index (κ2) is 7.94. The van der Waals surface area contributed by atoms with Crippen molar-refractivity contribution in [3.63, 3.8) is 0 Å². The second-order valence-corrected chi connectivity index (χ2v) is 6.49. The summed E-state index contributed by atoms with van der Waals surface area (Å²) < 4.78 is 0. The maximum atomic E-state index is 6.21. The Kier molecular flexibility index (Phi) is 6.24. The predicted molar refractivity (Wildman–Crippen MR) is 90.2 cm³/mol. The highest BCUT2D eigenvalue weighted by molar-refractivity contribution is 7.99. The fourth-order valence-electron chi connectivity index (χ4n) is 1.93. The van der Waals surface area contributed by atoms with Crippen molar-refractivity contribution in [1.82, 2.24) is 5.32 Å². The van der Waals surface area contributed by atoms with Gasteiger partial charge in [0.05, 0.1) is 0 Å². The molecule has 1 N–H and O–H groups in total. The molecule has 4 heteroatoms. The van der Waals surface area contributed by atoms with Gasteiger partial charge in [0.2, 0.25) is 0 Å². The lowest BCUT2D eigenvalue weighted by molar-refractivity contribution is 0.617. The van der Waals surface area contributed by atoms with E-state index in [1.165, 1.54) is 10.5 Å². The molecule has 0 heterocycles. The van der Waals surface area contributed by atoms with Crippen molar-refractivity contribution in [3.8, 4) is 0 Å². The van der Waals surface area contributed by atoms with Crippen molar-refractivity contribution < 1.29 is 0 Å². The Bertz CT molecular complexity index is 560. The van der Waals surface area contributed by atoms with Crippen LogP contribution in [0, 0.1) is 0 Å². The molecule has 0 aliphatic heterocycles. The van der Waals surface area contributed by atoms with Crippen molar-refractivity contribution in [2.75, 3.05) is 12.8 Å². The van der Waals surface area contributed by atoms with E-state index < -0.39 is 0 Å². The summed E-state index contributed by atoms with van der Waals surface area (Å²) in [6.07, 6.45) is 0.920. The lowest BCUT2D eigenvalue weighted by Gasteiger charge is -2.16. The maximum absolute atomic E-state index is 6.21. The van der Waals surface area contributed by atoms with Crippen LogP contribution >= 0.6 is 35.0 Å². The van der Waals surface area contributed by atoms with Gasteiger partial charge in [0.15, 0.2) is 0 Å². The van der Waals surface area contributed by atoms with Gasteiger partial charge in [0.25, 0.3) is 0 Å². The van der Waals surface area contributed by atoms with Gasteiger partial charge in [-0.15, -0.1) is 11.8 Å².